The van der Waals surface area contributed by atoms with Crippen LogP contribution in [0.3, 0.4) is 0 Å². The fourth-order valence-electron chi connectivity index (χ4n) is 2.34. The van der Waals surface area contributed by atoms with Gasteiger partial charge in [-0.05, 0) is 31.4 Å². The number of aromatic nitrogens is 1. The minimum Gasteiger partial charge on any atom is -0.545 e. The first-order valence-corrected chi connectivity index (χ1v) is 6.37. The quantitative estimate of drug-likeness (QED) is 0.761. The smallest absolute Gasteiger partial charge is 0.332 e. The zero-order valence-corrected chi connectivity index (χ0v) is 10.8. The number of pyridine rings is 1. The SMILES string of the molecule is NC(=O)N/N=C1/CCCC[C@H]1c1cc(C(=O)[O-])ccn1. The number of hydrogen-bond acceptors (Lipinski definition) is 5. The van der Waals surface area contributed by atoms with E-state index in [4.69, 9.17) is 5.73 Å². The number of carboxylic acid groups (broad SMARTS) is 1. The molecule has 1 fully saturated rings. The van der Waals surface area contributed by atoms with E-state index < -0.39 is 12.0 Å². The summed E-state index contributed by atoms with van der Waals surface area (Å²) in [5.41, 5.74) is 8.69. The van der Waals surface area contributed by atoms with Crippen LogP contribution in [0.1, 0.15) is 47.7 Å². The zero-order valence-electron chi connectivity index (χ0n) is 10.8. The van der Waals surface area contributed by atoms with Crippen molar-refractivity contribution in [3.05, 3.63) is 29.6 Å². The highest BCUT2D eigenvalue weighted by Crippen LogP contribution is 2.29. The number of carboxylic acids is 1. The highest BCUT2D eigenvalue weighted by molar-refractivity contribution is 5.93. The first kappa shape index (κ1) is 14.0. The van der Waals surface area contributed by atoms with Crippen molar-refractivity contribution >= 4 is 17.7 Å². The van der Waals surface area contributed by atoms with Gasteiger partial charge in [0.05, 0.1) is 5.97 Å². The molecule has 0 radical (unpaired) electrons. The van der Waals surface area contributed by atoms with Gasteiger partial charge in [0.1, 0.15) is 0 Å². The van der Waals surface area contributed by atoms with Crippen LogP contribution in [0.5, 0.6) is 0 Å². The number of hydrazone groups is 1. The second kappa shape index (κ2) is 6.14. The van der Waals surface area contributed by atoms with Crippen LogP contribution < -0.4 is 16.3 Å². The number of nitrogens with zero attached hydrogens (tertiary/aromatic N) is 2. The molecule has 0 unspecified atom stereocenters. The first-order chi connectivity index (χ1) is 9.58. The summed E-state index contributed by atoms with van der Waals surface area (Å²) in [7, 11) is 0. The molecule has 1 atom stereocenters. The largest absolute Gasteiger partial charge is 0.545 e. The Morgan fingerprint density at radius 3 is 2.95 bits per heavy atom. The Hall–Kier alpha value is -2.44. The molecule has 3 N–H and O–H groups in total. The van der Waals surface area contributed by atoms with Crippen LogP contribution >= 0.6 is 0 Å². The molecule has 1 aliphatic rings. The van der Waals surface area contributed by atoms with E-state index in [9.17, 15) is 14.7 Å². The van der Waals surface area contributed by atoms with Crippen molar-refractivity contribution in [2.24, 2.45) is 10.8 Å². The fraction of sp³-hybridized carbons (Fsp3) is 0.385. The molecule has 7 nitrogen and oxygen atoms in total. The van der Waals surface area contributed by atoms with Crippen LogP contribution in [0.4, 0.5) is 4.79 Å². The molecule has 1 aromatic rings. The van der Waals surface area contributed by atoms with Crippen molar-refractivity contribution in [3.8, 4) is 0 Å². The minimum atomic E-state index is -1.24. The van der Waals surface area contributed by atoms with Crippen LogP contribution in [0.25, 0.3) is 0 Å². The molecule has 0 bridgehead atoms. The predicted octanol–water partition coefficient (Wildman–Crippen LogP) is 0.127. The maximum absolute atomic E-state index is 10.9. The third-order valence-corrected chi connectivity index (χ3v) is 3.26. The highest BCUT2D eigenvalue weighted by atomic mass is 16.4. The second-order valence-corrected chi connectivity index (χ2v) is 4.63. The summed E-state index contributed by atoms with van der Waals surface area (Å²) in [6.07, 6.45) is 4.94. The Balaban J connectivity index is 2.27. The standard InChI is InChI=1S/C13H16N4O3/c14-13(20)17-16-10-4-2-1-3-9(10)11-7-8(12(18)19)5-6-15-11/h5-7,9H,1-4H2,(H,18,19)(H3,14,17,20)/p-1/b16-10-/t9-/m1/s1. The lowest BCUT2D eigenvalue weighted by Crippen LogP contribution is -2.29. The number of amides is 2. The molecular weight excluding hydrogens is 260 g/mol. The van der Waals surface area contributed by atoms with Crippen molar-refractivity contribution < 1.29 is 14.7 Å². The minimum absolute atomic E-state index is 0.0859. The van der Waals surface area contributed by atoms with E-state index in [0.717, 1.165) is 31.4 Å². The Morgan fingerprint density at radius 2 is 2.25 bits per heavy atom. The molecule has 106 valence electrons. The summed E-state index contributed by atoms with van der Waals surface area (Å²) in [5.74, 6) is -1.34. The van der Waals surface area contributed by atoms with Crippen molar-refractivity contribution in [3.63, 3.8) is 0 Å². The fourth-order valence-corrected chi connectivity index (χ4v) is 2.34. The Bertz CT molecular complexity index is 556. The highest BCUT2D eigenvalue weighted by Gasteiger charge is 2.24. The van der Waals surface area contributed by atoms with Gasteiger partial charge in [0, 0.05) is 29.1 Å². The molecule has 0 spiro atoms. The zero-order chi connectivity index (χ0) is 14.5. The number of nitrogens with one attached hydrogen (secondary N) is 1. The van der Waals surface area contributed by atoms with Gasteiger partial charge in [0.25, 0.3) is 0 Å². The average Bonchev–Trinajstić information content (AvgIpc) is 2.45. The van der Waals surface area contributed by atoms with Gasteiger partial charge < -0.3 is 15.6 Å². The number of rotatable bonds is 3. The maximum atomic E-state index is 10.9. The Morgan fingerprint density at radius 1 is 1.45 bits per heavy atom. The van der Waals surface area contributed by atoms with Gasteiger partial charge in [-0.2, -0.15) is 5.10 Å². The van der Waals surface area contributed by atoms with E-state index in [2.05, 4.69) is 15.5 Å². The molecule has 1 aromatic heterocycles. The summed E-state index contributed by atoms with van der Waals surface area (Å²) in [4.78, 5) is 25.8. The Kier molecular flexibility index (Phi) is 4.29. The van der Waals surface area contributed by atoms with Gasteiger partial charge >= 0.3 is 6.03 Å². The van der Waals surface area contributed by atoms with Crippen molar-refractivity contribution in [1.29, 1.82) is 0 Å². The molecular formula is C13H15N4O3-. The summed E-state index contributed by atoms with van der Waals surface area (Å²) >= 11 is 0. The Labute approximate surface area is 115 Å². The maximum Gasteiger partial charge on any atom is 0.332 e. The number of carbonyl (C=O) groups excluding carboxylic acids is 2. The van der Waals surface area contributed by atoms with E-state index in [1.54, 1.807) is 0 Å². The molecule has 1 aliphatic carbocycles. The predicted molar refractivity (Wildman–Crippen MR) is 69.9 cm³/mol. The lowest BCUT2D eigenvalue weighted by Gasteiger charge is -2.23. The second-order valence-electron chi connectivity index (χ2n) is 4.63. The number of primary amides is 1. The molecule has 2 rings (SSSR count). The summed E-state index contributed by atoms with van der Waals surface area (Å²) in [6.45, 7) is 0. The van der Waals surface area contributed by atoms with E-state index in [-0.39, 0.29) is 11.5 Å². The van der Waals surface area contributed by atoms with Crippen molar-refractivity contribution in [1.82, 2.24) is 10.4 Å². The number of nitrogens with two attached hydrogens (primary N) is 1. The van der Waals surface area contributed by atoms with Gasteiger partial charge in [-0.25, -0.2) is 10.2 Å². The van der Waals surface area contributed by atoms with Crippen LogP contribution in [0.15, 0.2) is 23.4 Å². The molecule has 1 saturated carbocycles. The average molecular weight is 275 g/mol. The van der Waals surface area contributed by atoms with E-state index >= 15 is 0 Å². The summed E-state index contributed by atoms with van der Waals surface area (Å²) in [6, 6.07) is 2.16. The van der Waals surface area contributed by atoms with E-state index in [0.29, 0.717) is 5.69 Å². The number of hydrogen-bond donors (Lipinski definition) is 2. The lowest BCUT2D eigenvalue weighted by atomic mass is 9.84. The van der Waals surface area contributed by atoms with E-state index in [1.807, 2.05) is 0 Å². The van der Waals surface area contributed by atoms with Gasteiger partial charge in [0.2, 0.25) is 0 Å². The molecule has 0 aliphatic heterocycles. The van der Waals surface area contributed by atoms with Crippen LogP contribution in [0, 0.1) is 0 Å². The topological polar surface area (TPSA) is 121 Å². The monoisotopic (exact) mass is 275 g/mol. The lowest BCUT2D eigenvalue weighted by molar-refractivity contribution is -0.255. The number of aromatic carboxylic acids is 1. The number of urea groups is 1. The van der Waals surface area contributed by atoms with Gasteiger partial charge in [-0.1, -0.05) is 6.42 Å². The van der Waals surface area contributed by atoms with Crippen molar-refractivity contribution in [2.45, 2.75) is 31.6 Å². The van der Waals surface area contributed by atoms with Crippen LogP contribution in [-0.2, 0) is 0 Å². The van der Waals surface area contributed by atoms with Crippen LogP contribution in [-0.4, -0.2) is 22.7 Å². The third kappa shape index (κ3) is 3.31. The molecule has 20 heavy (non-hydrogen) atoms. The van der Waals surface area contributed by atoms with Gasteiger partial charge in [0.15, 0.2) is 0 Å². The van der Waals surface area contributed by atoms with Crippen LogP contribution in [0.2, 0.25) is 0 Å². The molecule has 7 heteroatoms. The van der Waals surface area contributed by atoms with Gasteiger partial charge in [-0.3, -0.25) is 4.98 Å². The number of carbonyl (C=O) groups is 2. The third-order valence-electron chi connectivity index (χ3n) is 3.26. The van der Waals surface area contributed by atoms with Crippen molar-refractivity contribution in [2.75, 3.05) is 0 Å². The summed E-state index contributed by atoms with van der Waals surface area (Å²) in [5, 5.41) is 14.9. The summed E-state index contributed by atoms with van der Waals surface area (Å²) < 4.78 is 0. The molecule has 0 saturated heterocycles. The van der Waals surface area contributed by atoms with E-state index in [1.165, 1.54) is 18.3 Å². The molecule has 0 aromatic carbocycles. The first-order valence-electron chi connectivity index (χ1n) is 6.37. The molecule has 2 amide bonds. The van der Waals surface area contributed by atoms with Gasteiger partial charge in [-0.15, -0.1) is 0 Å². The normalized spacial score (nSPS) is 20.6. The molecule has 1 heterocycles.